The van der Waals surface area contributed by atoms with E-state index in [1.165, 1.54) is 18.2 Å². The van der Waals surface area contributed by atoms with Gasteiger partial charge in [0.1, 0.15) is 0 Å². The van der Waals surface area contributed by atoms with E-state index < -0.39 is 11.8 Å². The van der Waals surface area contributed by atoms with Crippen LogP contribution in [0.4, 0.5) is 0 Å². The second-order valence-corrected chi connectivity index (χ2v) is 3.29. The topological polar surface area (TPSA) is 117 Å². The van der Waals surface area contributed by atoms with E-state index in [0.29, 0.717) is 12.0 Å². The predicted octanol–water partition coefficient (Wildman–Crippen LogP) is 1.07. The summed E-state index contributed by atoms with van der Waals surface area (Å²) in [5.41, 5.74) is 4.51. The summed E-state index contributed by atoms with van der Waals surface area (Å²) in [7, 11) is 0. The molecule has 0 atom stereocenters. The van der Waals surface area contributed by atoms with Crippen LogP contribution in [-0.4, -0.2) is 11.8 Å². The molecule has 0 unspecified atom stereocenters. The minimum absolute atomic E-state index is 0.196. The van der Waals surface area contributed by atoms with Gasteiger partial charge in [0, 0.05) is 11.1 Å². The van der Waals surface area contributed by atoms with Crippen molar-refractivity contribution in [2.75, 3.05) is 0 Å². The Bertz CT molecular complexity index is 501. The van der Waals surface area contributed by atoms with Crippen LogP contribution >= 0.6 is 0 Å². The van der Waals surface area contributed by atoms with Crippen LogP contribution in [0.5, 0.6) is 0 Å². The largest absolute Gasteiger partial charge is 0.274 e. The van der Waals surface area contributed by atoms with Crippen molar-refractivity contribution in [3.05, 3.63) is 44.7 Å². The van der Waals surface area contributed by atoms with Crippen LogP contribution in [0.1, 0.15) is 33.2 Å². The van der Waals surface area contributed by atoms with Crippen LogP contribution in [0.2, 0.25) is 0 Å². The van der Waals surface area contributed by atoms with E-state index in [1.807, 2.05) is 0 Å². The first-order valence-corrected chi connectivity index (χ1v) is 5.02. The molecule has 2 amide bonds. The van der Waals surface area contributed by atoms with Crippen LogP contribution in [0.3, 0.4) is 0 Å². The maximum absolute atomic E-state index is 11.5. The van der Waals surface area contributed by atoms with Gasteiger partial charge >= 0.3 is 0 Å². The fourth-order valence-electron chi connectivity index (χ4n) is 1.46. The van der Waals surface area contributed by atoms with Crippen LogP contribution in [-0.2, 0) is 6.42 Å². The lowest BCUT2D eigenvalue weighted by Crippen LogP contribution is -2.20. The van der Waals surface area contributed by atoms with Crippen molar-refractivity contribution in [1.29, 1.82) is 0 Å². The quantitative estimate of drug-likeness (QED) is 0.600. The van der Waals surface area contributed by atoms with E-state index in [1.54, 1.807) is 17.8 Å². The van der Waals surface area contributed by atoms with Gasteiger partial charge in [-0.1, -0.05) is 6.92 Å². The van der Waals surface area contributed by atoms with Crippen molar-refractivity contribution in [3.63, 3.8) is 0 Å². The molecule has 0 saturated heterocycles. The molecule has 0 aliphatic rings. The van der Waals surface area contributed by atoms with E-state index in [2.05, 4.69) is 10.6 Å². The highest BCUT2D eigenvalue weighted by molar-refractivity contribution is 5.98. The second-order valence-electron chi connectivity index (χ2n) is 3.29. The number of nitrogens with one attached hydrogen (secondary N) is 2. The first-order chi connectivity index (χ1) is 8.63. The van der Waals surface area contributed by atoms with Gasteiger partial charge in [0.15, 0.2) is 0 Å². The number of amides is 2. The van der Waals surface area contributed by atoms with Gasteiger partial charge in [-0.15, -0.1) is 9.81 Å². The highest BCUT2D eigenvalue weighted by atomic mass is 16.3. The summed E-state index contributed by atoms with van der Waals surface area (Å²) >= 11 is 0. The molecule has 0 fully saturated rings. The molecule has 0 aromatic heterocycles. The van der Waals surface area contributed by atoms with Crippen molar-refractivity contribution in [3.8, 4) is 0 Å². The van der Waals surface area contributed by atoms with Crippen LogP contribution < -0.4 is 10.9 Å². The molecule has 0 radical (unpaired) electrons. The van der Waals surface area contributed by atoms with E-state index >= 15 is 0 Å². The number of nitroso groups, excluding NO2 is 2. The lowest BCUT2D eigenvalue weighted by molar-refractivity contribution is 0.0941. The first kappa shape index (κ1) is 13.4. The van der Waals surface area contributed by atoms with Crippen molar-refractivity contribution >= 4 is 11.8 Å². The number of benzene rings is 1. The summed E-state index contributed by atoms with van der Waals surface area (Å²) in [6, 6.07) is 4.17. The fourth-order valence-corrected chi connectivity index (χ4v) is 1.46. The number of rotatable bonds is 5. The Labute approximate surface area is 102 Å². The third-order valence-electron chi connectivity index (χ3n) is 2.29. The van der Waals surface area contributed by atoms with Crippen LogP contribution in [0.15, 0.2) is 28.8 Å². The summed E-state index contributed by atoms with van der Waals surface area (Å²) in [5.74, 6) is -1.32. The molecule has 18 heavy (non-hydrogen) atoms. The van der Waals surface area contributed by atoms with Crippen molar-refractivity contribution < 1.29 is 9.59 Å². The summed E-state index contributed by atoms with van der Waals surface area (Å²) in [5, 5.41) is 4.56. The third kappa shape index (κ3) is 2.94. The number of carbonyl (C=O) groups is 2. The van der Waals surface area contributed by atoms with E-state index in [9.17, 15) is 19.4 Å². The minimum Gasteiger partial charge on any atom is -0.267 e. The van der Waals surface area contributed by atoms with Gasteiger partial charge in [0.2, 0.25) is 0 Å². The molecule has 1 rings (SSSR count). The zero-order valence-electron chi connectivity index (χ0n) is 9.47. The Kier molecular flexibility index (Phi) is 4.61. The zero-order valence-corrected chi connectivity index (χ0v) is 9.47. The van der Waals surface area contributed by atoms with Gasteiger partial charge in [0.25, 0.3) is 11.8 Å². The average molecular weight is 250 g/mol. The molecule has 0 aliphatic carbocycles. The third-order valence-corrected chi connectivity index (χ3v) is 2.29. The predicted molar refractivity (Wildman–Crippen MR) is 62.3 cm³/mol. The first-order valence-electron chi connectivity index (χ1n) is 5.02. The average Bonchev–Trinajstić information content (AvgIpc) is 2.38. The SMILES string of the molecule is CCc1cc(C(=O)NN=O)ccc1C(=O)NN=O. The molecule has 1 aromatic carbocycles. The molecule has 1 aromatic rings. The minimum atomic E-state index is -0.667. The van der Waals surface area contributed by atoms with Gasteiger partial charge in [-0.2, -0.15) is 0 Å². The highest BCUT2D eigenvalue weighted by Gasteiger charge is 2.13. The molecule has 8 nitrogen and oxygen atoms in total. The lowest BCUT2D eigenvalue weighted by Gasteiger charge is -2.07. The number of hydrogen-bond donors (Lipinski definition) is 2. The summed E-state index contributed by atoms with van der Waals surface area (Å²) < 4.78 is 0. The molecule has 0 heterocycles. The smallest absolute Gasteiger partial charge is 0.267 e. The Balaban J connectivity index is 3.10. The summed E-state index contributed by atoms with van der Waals surface area (Å²) in [6.45, 7) is 1.78. The Morgan fingerprint density at radius 3 is 2.28 bits per heavy atom. The van der Waals surface area contributed by atoms with E-state index in [0.717, 1.165) is 0 Å². The molecule has 8 heteroatoms. The zero-order chi connectivity index (χ0) is 13.5. The standard InChI is InChI=1S/C10H10N4O4/c1-2-6-5-7(9(15)11-13-17)3-4-8(6)10(16)12-14-18/h3-5H,2H2,1H3,(H,11,15,17)(H,12,16,18). The van der Waals surface area contributed by atoms with E-state index in [-0.39, 0.29) is 11.1 Å². The van der Waals surface area contributed by atoms with Crippen molar-refractivity contribution in [1.82, 2.24) is 10.9 Å². The highest BCUT2D eigenvalue weighted by Crippen LogP contribution is 2.13. The number of carbonyl (C=O) groups excluding carboxylic acids is 2. The lowest BCUT2D eigenvalue weighted by atomic mass is 10.0. The monoisotopic (exact) mass is 250 g/mol. The Hall–Kier alpha value is -2.64. The molecule has 0 bridgehead atoms. The number of nitrogens with zero attached hydrogens (tertiary/aromatic N) is 2. The second kappa shape index (κ2) is 6.18. The summed E-state index contributed by atoms with van der Waals surface area (Å²) in [6.07, 6.45) is 0.469. The Morgan fingerprint density at radius 2 is 1.72 bits per heavy atom. The number of aryl methyl sites for hydroxylation is 1. The maximum Gasteiger partial charge on any atom is 0.274 e. The molecule has 0 spiro atoms. The Morgan fingerprint density at radius 1 is 1.11 bits per heavy atom. The van der Waals surface area contributed by atoms with Crippen molar-refractivity contribution in [2.24, 2.45) is 10.6 Å². The molecule has 2 N–H and O–H groups in total. The molecular weight excluding hydrogens is 240 g/mol. The van der Waals surface area contributed by atoms with Crippen molar-refractivity contribution in [2.45, 2.75) is 13.3 Å². The molecule has 0 saturated carbocycles. The van der Waals surface area contributed by atoms with Crippen LogP contribution in [0, 0.1) is 9.81 Å². The van der Waals surface area contributed by atoms with Gasteiger partial charge < -0.3 is 0 Å². The van der Waals surface area contributed by atoms with Gasteiger partial charge in [0.05, 0.1) is 10.6 Å². The molecule has 94 valence electrons. The normalized spacial score (nSPS) is 9.39. The maximum atomic E-state index is 11.5. The van der Waals surface area contributed by atoms with Gasteiger partial charge in [-0.3, -0.25) is 9.59 Å². The van der Waals surface area contributed by atoms with Gasteiger partial charge in [-0.25, -0.2) is 10.9 Å². The van der Waals surface area contributed by atoms with Gasteiger partial charge in [-0.05, 0) is 30.2 Å². The fraction of sp³-hybridized carbons (Fsp3) is 0.200. The summed E-state index contributed by atoms with van der Waals surface area (Å²) in [4.78, 5) is 42.7. The van der Waals surface area contributed by atoms with Crippen LogP contribution in [0.25, 0.3) is 0 Å². The van der Waals surface area contributed by atoms with E-state index in [4.69, 9.17) is 0 Å². The molecule has 0 aliphatic heterocycles. The number of hydrogen-bond acceptors (Lipinski definition) is 6. The molecular formula is C10H10N4O4.